The summed E-state index contributed by atoms with van der Waals surface area (Å²) in [5, 5.41) is 15.0. The van der Waals surface area contributed by atoms with E-state index >= 15 is 0 Å². The molecule has 142 valence electrons. The van der Waals surface area contributed by atoms with Crippen molar-refractivity contribution in [1.82, 2.24) is 5.43 Å². The highest BCUT2D eigenvalue weighted by Crippen LogP contribution is 2.30. The zero-order chi connectivity index (χ0) is 20.1. The maximum atomic E-state index is 12.3. The molecule has 1 aromatic heterocycles. The number of para-hydroxylation sites is 1. The predicted molar refractivity (Wildman–Crippen MR) is 104 cm³/mol. The number of benzene rings is 2. The lowest BCUT2D eigenvalue weighted by Gasteiger charge is -2.07. The van der Waals surface area contributed by atoms with Crippen molar-refractivity contribution in [2.45, 2.75) is 6.92 Å². The number of carbonyl (C=O) groups excluding carboxylic acids is 1. The summed E-state index contributed by atoms with van der Waals surface area (Å²) in [5.41, 5.74) is 4.03. The first kappa shape index (κ1) is 18.8. The van der Waals surface area contributed by atoms with E-state index < -0.39 is 10.8 Å². The molecule has 3 rings (SSSR count). The standard InChI is InChI=1S/C20H17N3O5/c1-13-7-9-16(19(11-13)27-2)20(24)22-21-12-14-8-10-18(28-14)15-5-3-4-6-17(15)23(25)26/h3-12H,1-2H3,(H,22,24)/b21-12+. The molecule has 0 unspecified atom stereocenters. The first-order valence-corrected chi connectivity index (χ1v) is 8.31. The largest absolute Gasteiger partial charge is 0.496 e. The molecule has 0 atom stereocenters. The third kappa shape index (κ3) is 4.07. The fourth-order valence-corrected chi connectivity index (χ4v) is 2.61. The van der Waals surface area contributed by atoms with E-state index in [0.717, 1.165) is 5.56 Å². The Labute approximate surface area is 160 Å². The number of ether oxygens (including phenoxy) is 1. The van der Waals surface area contributed by atoms with Gasteiger partial charge in [0.25, 0.3) is 11.6 Å². The Morgan fingerprint density at radius 3 is 2.75 bits per heavy atom. The highest BCUT2D eigenvalue weighted by molar-refractivity contribution is 5.97. The van der Waals surface area contributed by atoms with Crippen LogP contribution in [0.25, 0.3) is 11.3 Å². The number of nitrogens with zero attached hydrogens (tertiary/aromatic N) is 2. The van der Waals surface area contributed by atoms with Crippen molar-refractivity contribution in [2.75, 3.05) is 7.11 Å². The summed E-state index contributed by atoms with van der Waals surface area (Å²) in [6.45, 7) is 1.90. The number of hydrogen-bond donors (Lipinski definition) is 1. The van der Waals surface area contributed by atoms with Crippen molar-refractivity contribution < 1.29 is 18.9 Å². The van der Waals surface area contributed by atoms with Crippen molar-refractivity contribution in [1.29, 1.82) is 0 Å². The van der Waals surface area contributed by atoms with Gasteiger partial charge in [-0.2, -0.15) is 5.10 Å². The molecule has 0 aliphatic heterocycles. The molecule has 8 heteroatoms. The van der Waals surface area contributed by atoms with Gasteiger partial charge in [-0.05, 0) is 42.8 Å². The number of aryl methyl sites for hydroxylation is 1. The molecule has 3 aromatic rings. The summed E-state index contributed by atoms with van der Waals surface area (Å²) < 4.78 is 10.8. The highest BCUT2D eigenvalue weighted by atomic mass is 16.6. The summed E-state index contributed by atoms with van der Waals surface area (Å²) >= 11 is 0. The van der Waals surface area contributed by atoms with Gasteiger partial charge in [0.2, 0.25) is 0 Å². The van der Waals surface area contributed by atoms with Gasteiger partial charge in [-0.1, -0.05) is 18.2 Å². The summed E-state index contributed by atoms with van der Waals surface area (Å²) in [6, 6.07) is 14.7. The van der Waals surface area contributed by atoms with E-state index in [1.54, 1.807) is 48.5 Å². The number of nitro groups is 1. The second kappa shape index (κ2) is 8.17. The predicted octanol–water partition coefficient (Wildman–Crippen LogP) is 3.94. The normalized spacial score (nSPS) is 10.8. The van der Waals surface area contributed by atoms with Crippen LogP contribution in [-0.4, -0.2) is 24.2 Å². The van der Waals surface area contributed by atoms with Crippen LogP contribution in [0.4, 0.5) is 5.69 Å². The molecular weight excluding hydrogens is 362 g/mol. The van der Waals surface area contributed by atoms with Gasteiger partial charge in [0.1, 0.15) is 17.3 Å². The summed E-state index contributed by atoms with van der Waals surface area (Å²) in [4.78, 5) is 22.9. The molecule has 28 heavy (non-hydrogen) atoms. The Morgan fingerprint density at radius 1 is 1.21 bits per heavy atom. The average molecular weight is 379 g/mol. The number of hydrogen-bond acceptors (Lipinski definition) is 6. The van der Waals surface area contributed by atoms with Gasteiger partial charge < -0.3 is 9.15 Å². The van der Waals surface area contributed by atoms with Gasteiger partial charge in [0, 0.05) is 6.07 Å². The molecule has 0 radical (unpaired) electrons. The maximum absolute atomic E-state index is 12.3. The maximum Gasteiger partial charge on any atom is 0.280 e. The lowest BCUT2D eigenvalue weighted by atomic mass is 10.1. The Bertz CT molecular complexity index is 1060. The van der Waals surface area contributed by atoms with Crippen LogP contribution < -0.4 is 10.2 Å². The second-order valence-corrected chi connectivity index (χ2v) is 5.88. The minimum Gasteiger partial charge on any atom is -0.496 e. The van der Waals surface area contributed by atoms with Gasteiger partial charge in [-0.25, -0.2) is 5.43 Å². The molecule has 1 amide bonds. The lowest BCUT2D eigenvalue weighted by molar-refractivity contribution is -0.384. The third-order valence-corrected chi connectivity index (χ3v) is 3.95. The van der Waals surface area contributed by atoms with Crippen LogP contribution >= 0.6 is 0 Å². The number of hydrazone groups is 1. The van der Waals surface area contributed by atoms with Gasteiger partial charge in [-0.3, -0.25) is 14.9 Å². The van der Waals surface area contributed by atoms with Crippen molar-refractivity contribution in [2.24, 2.45) is 5.10 Å². The van der Waals surface area contributed by atoms with Crippen molar-refractivity contribution in [3.05, 3.63) is 81.6 Å². The molecule has 0 spiro atoms. The van der Waals surface area contributed by atoms with Crippen LogP contribution in [0, 0.1) is 17.0 Å². The molecule has 0 fully saturated rings. The monoisotopic (exact) mass is 379 g/mol. The number of furan rings is 1. The molecule has 8 nitrogen and oxygen atoms in total. The molecular formula is C20H17N3O5. The minimum atomic E-state index is -0.471. The zero-order valence-corrected chi connectivity index (χ0v) is 15.2. The first-order chi connectivity index (χ1) is 13.5. The van der Waals surface area contributed by atoms with Gasteiger partial charge in [0.05, 0.1) is 29.4 Å². The van der Waals surface area contributed by atoms with E-state index in [1.165, 1.54) is 19.4 Å². The van der Waals surface area contributed by atoms with E-state index in [9.17, 15) is 14.9 Å². The van der Waals surface area contributed by atoms with Crippen LogP contribution in [0.1, 0.15) is 21.7 Å². The van der Waals surface area contributed by atoms with Crippen LogP contribution in [0.5, 0.6) is 5.75 Å². The quantitative estimate of drug-likeness (QED) is 0.397. The fraction of sp³-hybridized carbons (Fsp3) is 0.100. The van der Waals surface area contributed by atoms with Crippen molar-refractivity contribution >= 4 is 17.8 Å². The van der Waals surface area contributed by atoms with Gasteiger partial charge in [-0.15, -0.1) is 0 Å². The number of nitro benzene ring substituents is 1. The second-order valence-electron chi connectivity index (χ2n) is 5.88. The van der Waals surface area contributed by atoms with E-state index in [2.05, 4.69) is 10.5 Å². The van der Waals surface area contributed by atoms with Crippen LogP contribution in [-0.2, 0) is 0 Å². The van der Waals surface area contributed by atoms with Crippen molar-refractivity contribution in [3.63, 3.8) is 0 Å². The topological polar surface area (TPSA) is 107 Å². The number of methoxy groups -OCH3 is 1. The third-order valence-electron chi connectivity index (χ3n) is 3.95. The molecule has 0 saturated carbocycles. The minimum absolute atomic E-state index is 0.0555. The number of amides is 1. The smallest absolute Gasteiger partial charge is 0.280 e. The van der Waals surface area contributed by atoms with E-state index in [4.69, 9.17) is 9.15 Å². The van der Waals surface area contributed by atoms with Crippen molar-refractivity contribution in [3.8, 4) is 17.1 Å². The number of rotatable bonds is 6. The molecule has 0 bridgehead atoms. The Morgan fingerprint density at radius 2 is 2.00 bits per heavy atom. The Balaban J connectivity index is 1.73. The Hall–Kier alpha value is -3.94. The molecule has 0 saturated heterocycles. The van der Waals surface area contributed by atoms with E-state index in [1.807, 2.05) is 6.92 Å². The van der Waals surface area contributed by atoms with Crippen LogP contribution in [0.15, 0.2) is 64.1 Å². The zero-order valence-electron chi connectivity index (χ0n) is 15.2. The molecule has 0 aliphatic carbocycles. The molecule has 0 aliphatic rings. The lowest BCUT2D eigenvalue weighted by Crippen LogP contribution is -2.18. The van der Waals surface area contributed by atoms with Gasteiger partial charge >= 0.3 is 0 Å². The van der Waals surface area contributed by atoms with E-state index in [0.29, 0.717) is 28.4 Å². The highest BCUT2D eigenvalue weighted by Gasteiger charge is 2.17. The number of carbonyl (C=O) groups is 1. The summed E-state index contributed by atoms with van der Waals surface area (Å²) in [5.74, 6) is 0.688. The molecule has 2 aromatic carbocycles. The number of nitrogens with one attached hydrogen (secondary N) is 1. The van der Waals surface area contributed by atoms with Crippen LogP contribution in [0.2, 0.25) is 0 Å². The van der Waals surface area contributed by atoms with Gasteiger partial charge in [0.15, 0.2) is 0 Å². The Kier molecular flexibility index (Phi) is 5.50. The fourth-order valence-electron chi connectivity index (χ4n) is 2.61. The van der Waals surface area contributed by atoms with Crippen LogP contribution in [0.3, 0.4) is 0 Å². The summed E-state index contributed by atoms with van der Waals surface area (Å²) in [7, 11) is 1.49. The SMILES string of the molecule is COc1cc(C)ccc1C(=O)N/N=C/c1ccc(-c2ccccc2[N+](=O)[O-])o1. The first-order valence-electron chi connectivity index (χ1n) is 8.31. The average Bonchev–Trinajstić information content (AvgIpc) is 3.16. The molecule has 1 heterocycles. The van der Waals surface area contributed by atoms with E-state index in [-0.39, 0.29) is 5.69 Å². The molecule has 1 N–H and O–H groups in total. The summed E-state index contributed by atoms with van der Waals surface area (Å²) in [6.07, 6.45) is 1.32.